The summed E-state index contributed by atoms with van der Waals surface area (Å²) in [6.07, 6.45) is 8.54. The van der Waals surface area contributed by atoms with Crippen LogP contribution in [0.3, 0.4) is 0 Å². The topological polar surface area (TPSA) is 124 Å². The Balaban J connectivity index is 1.02. The Morgan fingerprint density at radius 1 is 1.19 bits per heavy atom. The van der Waals surface area contributed by atoms with Crippen LogP contribution in [0.5, 0.6) is 11.6 Å². The van der Waals surface area contributed by atoms with E-state index in [0.717, 1.165) is 77.7 Å². The van der Waals surface area contributed by atoms with Gasteiger partial charge in [-0.05, 0) is 117 Å². The third-order valence-electron chi connectivity index (χ3n) is 11.2. The number of aliphatic hydroxyl groups is 1. The lowest BCUT2D eigenvalue weighted by Gasteiger charge is -2.54. The van der Waals surface area contributed by atoms with Crippen LogP contribution in [0.1, 0.15) is 89.9 Å². The van der Waals surface area contributed by atoms with Crippen LogP contribution in [0, 0.1) is 23.1 Å². The largest absolute Gasteiger partial charge is 0.434 e. The van der Waals surface area contributed by atoms with E-state index in [0.29, 0.717) is 18.3 Å². The highest BCUT2D eigenvalue weighted by Gasteiger charge is 2.51. The van der Waals surface area contributed by atoms with E-state index in [1.807, 2.05) is 20.8 Å². The summed E-state index contributed by atoms with van der Waals surface area (Å²) in [6, 6.07) is 3.90. The normalized spacial score (nSPS) is 26.0. The molecule has 3 aliphatic heterocycles. The molecule has 12 heteroatoms. The molecule has 4 heterocycles. The molecule has 2 N–H and O–H groups in total. The summed E-state index contributed by atoms with van der Waals surface area (Å²) in [5.74, 6) is 0.500. The second-order valence-corrected chi connectivity index (χ2v) is 15.3. The quantitative estimate of drug-likeness (QED) is 0.406. The maximum atomic E-state index is 14.3. The number of amides is 2. The summed E-state index contributed by atoms with van der Waals surface area (Å²) in [7, 11) is 0. The number of hydrogen-bond donors (Lipinski definition) is 2. The molecule has 1 aliphatic carbocycles. The van der Waals surface area contributed by atoms with Gasteiger partial charge in [0.15, 0.2) is 5.82 Å². The van der Waals surface area contributed by atoms with Gasteiger partial charge in [0.05, 0.1) is 17.1 Å². The zero-order valence-corrected chi connectivity index (χ0v) is 28.5. The Morgan fingerprint density at radius 2 is 1.89 bits per heavy atom. The zero-order valence-electron chi connectivity index (χ0n) is 28.5. The van der Waals surface area contributed by atoms with Crippen LogP contribution in [0.2, 0.25) is 0 Å². The number of nitrogens with one attached hydrogen (secondary N) is 1. The minimum absolute atomic E-state index is 0.00325. The molecule has 4 fully saturated rings. The molecular weight excluding hydrogens is 601 g/mol. The Bertz CT molecular complexity index is 1460. The molecule has 2 amide bonds. The molecule has 1 aromatic carbocycles. The number of halogens is 1. The monoisotopic (exact) mass is 651 g/mol. The molecule has 4 aliphatic rings. The number of benzene rings is 1. The van der Waals surface area contributed by atoms with Crippen LogP contribution in [-0.4, -0.2) is 98.4 Å². The van der Waals surface area contributed by atoms with Crippen LogP contribution >= 0.6 is 0 Å². The number of hydrogen-bond acceptors (Lipinski definition) is 9. The SMILES string of the molecule is CCN(C(=O)c1cc(F)ccc1Oc1nncnc1N1CC2(CCN(CC3CCC4(CC3)C[C@@H](C(C)(C)O)C(=O)N4)CC2)C1)C(C)C. The lowest BCUT2D eigenvalue weighted by atomic mass is 9.71. The van der Waals surface area contributed by atoms with Gasteiger partial charge >= 0.3 is 0 Å². The Hall–Kier alpha value is -3.38. The fraction of sp³-hybridized carbons (Fsp3) is 0.686. The van der Waals surface area contributed by atoms with E-state index in [1.165, 1.54) is 24.5 Å². The minimum Gasteiger partial charge on any atom is -0.434 e. The van der Waals surface area contributed by atoms with Gasteiger partial charge in [-0.25, -0.2) is 9.37 Å². The first-order chi connectivity index (χ1) is 22.3. The van der Waals surface area contributed by atoms with Gasteiger partial charge < -0.3 is 29.9 Å². The number of nitrogens with zero attached hydrogens (tertiary/aromatic N) is 6. The van der Waals surface area contributed by atoms with Crippen LogP contribution < -0.4 is 15.0 Å². The lowest BCUT2D eigenvalue weighted by Crippen LogP contribution is -2.61. The summed E-state index contributed by atoms with van der Waals surface area (Å²) in [6.45, 7) is 14.6. The highest BCUT2D eigenvalue weighted by molar-refractivity contribution is 5.97. The van der Waals surface area contributed by atoms with Gasteiger partial charge in [-0.1, -0.05) is 0 Å². The second-order valence-electron chi connectivity index (χ2n) is 15.3. The number of ether oxygens (including phenoxy) is 1. The summed E-state index contributed by atoms with van der Waals surface area (Å²) >= 11 is 0. The number of aromatic nitrogens is 3. The Kier molecular flexibility index (Phi) is 9.21. The van der Waals surface area contributed by atoms with E-state index in [1.54, 1.807) is 18.7 Å². The third-order valence-corrected chi connectivity index (χ3v) is 11.2. The highest BCUT2D eigenvalue weighted by atomic mass is 19.1. The van der Waals surface area contributed by atoms with Gasteiger partial charge in [-0.3, -0.25) is 9.59 Å². The first-order valence-corrected chi connectivity index (χ1v) is 17.3. The molecule has 1 atom stereocenters. The van der Waals surface area contributed by atoms with Crippen LogP contribution in [0.25, 0.3) is 0 Å². The molecule has 47 heavy (non-hydrogen) atoms. The van der Waals surface area contributed by atoms with E-state index >= 15 is 0 Å². The van der Waals surface area contributed by atoms with E-state index in [4.69, 9.17) is 4.74 Å². The van der Waals surface area contributed by atoms with E-state index in [9.17, 15) is 19.1 Å². The van der Waals surface area contributed by atoms with Crippen molar-refractivity contribution in [1.29, 1.82) is 0 Å². The first kappa shape index (κ1) is 33.5. The Labute approximate surface area is 277 Å². The van der Waals surface area contributed by atoms with Gasteiger partial charge in [0.1, 0.15) is 17.9 Å². The number of piperidine rings is 1. The van der Waals surface area contributed by atoms with Gasteiger partial charge in [0.25, 0.3) is 11.8 Å². The Morgan fingerprint density at radius 3 is 2.51 bits per heavy atom. The molecular formula is C35H50FN7O4. The van der Waals surface area contributed by atoms with Crippen molar-refractivity contribution in [2.75, 3.05) is 44.2 Å². The van der Waals surface area contributed by atoms with Gasteiger partial charge in [-0.2, -0.15) is 0 Å². The molecule has 0 bridgehead atoms. The van der Waals surface area contributed by atoms with Gasteiger partial charge in [0.2, 0.25) is 5.91 Å². The fourth-order valence-corrected chi connectivity index (χ4v) is 8.30. The second kappa shape index (κ2) is 12.9. The smallest absolute Gasteiger partial charge is 0.282 e. The van der Waals surface area contributed by atoms with Crippen molar-refractivity contribution in [2.45, 2.75) is 96.7 Å². The summed E-state index contributed by atoms with van der Waals surface area (Å²) in [5.41, 5.74) is -0.772. The summed E-state index contributed by atoms with van der Waals surface area (Å²) in [4.78, 5) is 36.8. The molecule has 1 aromatic heterocycles. The number of likely N-dealkylation sites (tertiary alicyclic amines) is 1. The third kappa shape index (κ3) is 6.95. The van der Waals surface area contributed by atoms with Crippen LogP contribution in [-0.2, 0) is 4.79 Å². The lowest BCUT2D eigenvalue weighted by molar-refractivity contribution is -0.129. The number of carbonyl (C=O) groups excluding carboxylic acids is 2. The average molecular weight is 652 g/mol. The molecule has 256 valence electrons. The predicted octanol–water partition coefficient (Wildman–Crippen LogP) is 4.41. The molecule has 6 rings (SSSR count). The predicted molar refractivity (Wildman–Crippen MR) is 176 cm³/mol. The highest BCUT2D eigenvalue weighted by Crippen LogP contribution is 2.46. The number of anilines is 1. The average Bonchev–Trinajstić information content (AvgIpc) is 3.35. The summed E-state index contributed by atoms with van der Waals surface area (Å²) < 4.78 is 20.4. The fourth-order valence-electron chi connectivity index (χ4n) is 8.30. The van der Waals surface area contributed by atoms with Crippen LogP contribution in [0.4, 0.5) is 10.2 Å². The van der Waals surface area contributed by atoms with Crippen molar-refractivity contribution in [1.82, 2.24) is 30.3 Å². The van der Waals surface area contributed by atoms with Crippen molar-refractivity contribution in [2.24, 2.45) is 17.3 Å². The number of carbonyl (C=O) groups is 2. The molecule has 1 saturated carbocycles. The molecule has 3 saturated heterocycles. The molecule has 0 unspecified atom stereocenters. The molecule has 2 aromatic rings. The maximum Gasteiger partial charge on any atom is 0.282 e. The van der Waals surface area contributed by atoms with Crippen molar-refractivity contribution in [3.63, 3.8) is 0 Å². The van der Waals surface area contributed by atoms with Crippen LogP contribution in [0.15, 0.2) is 24.5 Å². The van der Waals surface area contributed by atoms with Crippen molar-refractivity contribution < 1.29 is 23.8 Å². The number of rotatable bonds is 9. The maximum absolute atomic E-state index is 14.3. The van der Waals surface area contributed by atoms with E-state index < -0.39 is 11.4 Å². The minimum atomic E-state index is -0.986. The van der Waals surface area contributed by atoms with Gasteiger partial charge in [0, 0.05) is 43.2 Å². The molecule has 2 spiro atoms. The van der Waals surface area contributed by atoms with Crippen molar-refractivity contribution in [3.8, 4) is 11.6 Å². The van der Waals surface area contributed by atoms with E-state index in [-0.39, 0.29) is 51.9 Å². The van der Waals surface area contributed by atoms with Gasteiger partial charge in [-0.15, -0.1) is 10.2 Å². The van der Waals surface area contributed by atoms with Crippen molar-refractivity contribution in [3.05, 3.63) is 35.9 Å². The first-order valence-electron chi connectivity index (χ1n) is 17.3. The summed E-state index contributed by atoms with van der Waals surface area (Å²) in [5, 5.41) is 21.9. The zero-order chi connectivity index (χ0) is 33.6. The van der Waals surface area contributed by atoms with E-state index in [2.05, 4.69) is 30.3 Å². The van der Waals surface area contributed by atoms with Crippen molar-refractivity contribution >= 4 is 17.6 Å². The molecule has 11 nitrogen and oxygen atoms in total. The molecule has 0 radical (unpaired) electrons. The standard InChI is InChI=1S/C35H50FN7O4/c1-6-43(23(2)3)32(45)26-17-25(36)7-8-28(26)47-31-29(37-22-38-40-31)42-20-34(21-42)13-15-41(16-14-34)19-24-9-11-35(12-10-24)18-27(30(44)39-35)33(4,5)46/h7-8,17,22-24,27,46H,6,9-16,18-21H2,1-5H3,(H,39,44)/t24?,27-,35?/m1/s1.